The molecular weight excluding hydrogens is 363 g/mol. The average Bonchev–Trinajstić information content (AvgIpc) is 2.62. The minimum absolute atomic E-state index is 0.0303. The van der Waals surface area contributed by atoms with Crippen LogP contribution in [-0.2, 0) is 22.2 Å². The highest BCUT2D eigenvalue weighted by Crippen LogP contribution is 2.30. The van der Waals surface area contributed by atoms with Gasteiger partial charge in [0.1, 0.15) is 0 Å². The van der Waals surface area contributed by atoms with Crippen molar-refractivity contribution < 1.29 is 27.6 Å². The Morgan fingerprint density at radius 3 is 2.52 bits per heavy atom. The Labute approximate surface area is 153 Å². The van der Waals surface area contributed by atoms with E-state index < -0.39 is 17.8 Å². The van der Waals surface area contributed by atoms with Crippen molar-refractivity contribution in [3.05, 3.63) is 65.7 Å². The van der Waals surface area contributed by atoms with Gasteiger partial charge in [0.15, 0.2) is 0 Å². The Hall–Kier alpha value is -3.36. The molecule has 9 heteroatoms. The average molecular weight is 379 g/mol. The summed E-state index contributed by atoms with van der Waals surface area (Å²) in [6, 6.07) is 13.2. The second kappa shape index (κ2) is 9.37. The van der Waals surface area contributed by atoms with Crippen LogP contribution < -0.4 is 10.6 Å². The second-order valence-corrected chi connectivity index (χ2v) is 5.34. The lowest BCUT2D eigenvalue weighted by Gasteiger charge is -2.08. The lowest BCUT2D eigenvalue weighted by molar-refractivity contribution is -0.137. The predicted octanol–water partition coefficient (Wildman–Crippen LogP) is 3.60. The minimum atomic E-state index is -4.52. The van der Waals surface area contributed by atoms with Gasteiger partial charge in [-0.25, -0.2) is 4.79 Å². The fourth-order valence-corrected chi connectivity index (χ4v) is 2.04. The van der Waals surface area contributed by atoms with Gasteiger partial charge in [-0.3, -0.25) is 14.9 Å². The number of hydrogen-bond acceptors (Lipinski definition) is 4. The number of nitrogens with one attached hydrogen (secondary N) is 2. The van der Waals surface area contributed by atoms with Crippen LogP contribution >= 0.6 is 0 Å². The number of oxime groups is 1. The standard InChI is InChI=1S/C18H16F3N3O3/c19-18(20,21)14-7-4-8-15(12-14)24-17(26)27-23-10-9-22-16(25)11-13-5-2-1-3-6-13/h1-8,10,12H,9,11H2,(H,22,25)(H,24,26)/b23-10-. The van der Waals surface area contributed by atoms with Gasteiger partial charge >= 0.3 is 12.3 Å². The zero-order valence-corrected chi connectivity index (χ0v) is 14.0. The first kappa shape index (κ1) is 20.0. The number of carbonyl (C=O) groups excluding carboxylic acids is 2. The van der Waals surface area contributed by atoms with Gasteiger partial charge in [-0.05, 0) is 23.8 Å². The largest absolute Gasteiger partial charge is 0.437 e. The Morgan fingerprint density at radius 1 is 1.07 bits per heavy atom. The number of halogens is 3. The van der Waals surface area contributed by atoms with Crippen molar-refractivity contribution in [1.29, 1.82) is 0 Å². The molecule has 0 saturated heterocycles. The molecule has 0 aliphatic heterocycles. The van der Waals surface area contributed by atoms with Crippen LogP contribution in [0.2, 0.25) is 0 Å². The molecule has 0 bridgehead atoms. The molecule has 142 valence electrons. The molecule has 0 aliphatic rings. The van der Waals surface area contributed by atoms with Crippen LogP contribution in [0.5, 0.6) is 0 Å². The van der Waals surface area contributed by atoms with E-state index in [1.807, 2.05) is 30.3 Å². The number of alkyl halides is 3. The molecule has 0 saturated carbocycles. The predicted molar refractivity (Wildman–Crippen MR) is 93.2 cm³/mol. The van der Waals surface area contributed by atoms with Crippen molar-refractivity contribution in [3.8, 4) is 0 Å². The maximum absolute atomic E-state index is 12.6. The Balaban J connectivity index is 1.72. The first-order chi connectivity index (χ1) is 12.8. The van der Waals surface area contributed by atoms with Crippen molar-refractivity contribution >= 4 is 23.9 Å². The van der Waals surface area contributed by atoms with E-state index in [2.05, 4.69) is 20.6 Å². The van der Waals surface area contributed by atoms with Crippen LogP contribution in [0.15, 0.2) is 59.8 Å². The maximum Gasteiger partial charge on any atom is 0.437 e. The molecule has 6 nitrogen and oxygen atoms in total. The van der Waals surface area contributed by atoms with Gasteiger partial charge in [-0.2, -0.15) is 13.2 Å². The monoisotopic (exact) mass is 379 g/mol. The van der Waals surface area contributed by atoms with Crippen molar-refractivity contribution in [2.75, 3.05) is 11.9 Å². The summed E-state index contributed by atoms with van der Waals surface area (Å²) in [6.07, 6.45) is -4.22. The van der Waals surface area contributed by atoms with Crippen LogP contribution in [0.1, 0.15) is 11.1 Å². The number of rotatable bonds is 6. The zero-order chi connectivity index (χ0) is 19.7. The summed E-state index contributed by atoms with van der Waals surface area (Å²) < 4.78 is 37.8. The van der Waals surface area contributed by atoms with Gasteiger partial charge in [0.2, 0.25) is 5.91 Å². The van der Waals surface area contributed by atoms with E-state index in [1.54, 1.807) is 0 Å². The zero-order valence-electron chi connectivity index (χ0n) is 14.0. The fourth-order valence-electron chi connectivity index (χ4n) is 2.04. The summed E-state index contributed by atoms with van der Waals surface area (Å²) in [4.78, 5) is 27.6. The third-order valence-corrected chi connectivity index (χ3v) is 3.24. The van der Waals surface area contributed by atoms with E-state index in [9.17, 15) is 22.8 Å². The van der Waals surface area contributed by atoms with Crippen LogP contribution in [0.4, 0.5) is 23.7 Å². The van der Waals surface area contributed by atoms with Crippen molar-refractivity contribution in [2.45, 2.75) is 12.6 Å². The SMILES string of the molecule is O=C(Cc1ccccc1)NC/C=N\OC(=O)Nc1cccc(C(F)(F)F)c1. The van der Waals surface area contributed by atoms with E-state index in [1.165, 1.54) is 6.07 Å². The van der Waals surface area contributed by atoms with Crippen molar-refractivity contribution in [2.24, 2.45) is 5.16 Å². The highest BCUT2D eigenvalue weighted by atomic mass is 19.4. The number of benzene rings is 2. The Bertz CT molecular complexity index is 808. The minimum Gasteiger partial charge on any atom is -0.351 e. The molecule has 0 spiro atoms. The number of hydrogen-bond donors (Lipinski definition) is 2. The number of nitrogens with zero attached hydrogens (tertiary/aromatic N) is 1. The quantitative estimate of drug-likeness (QED) is 0.457. The van der Waals surface area contributed by atoms with Crippen LogP contribution in [0.3, 0.4) is 0 Å². The number of anilines is 1. The molecule has 27 heavy (non-hydrogen) atoms. The maximum atomic E-state index is 12.6. The molecule has 2 N–H and O–H groups in total. The third kappa shape index (κ3) is 7.18. The van der Waals surface area contributed by atoms with Gasteiger partial charge in [-0.1, -0.05) is 41.6 Å². The topological polar surface area (TPSA) is 79.8 Å². The van der Waals surface area contributed by atoms with E-state index in [0.29, 0.717) is 0 Å². The highest BCUT2D eigenvalue weighted by Gasteiger charge is 2.30. The summed E-state index contributed by atoms with van der Waals surface area (Å²) >= 11 is 0. The Morgan fingerprint density at radius 2 is 1.81 bits per heavy atom. The molecule has 0 aromatic heterocycles. The Kier molecular flexibility index (Phi) is 6.93. The third-order valence-electron chi connectivity index (χ3n) is 3.24. The molecule has 2 aromatic rings. The van der Waals surface area contributed by atoms with Gasteiger partial charge in [0, 0.05) is 5.69 Å². The molecule has 2 aromatic carbocycles. The summed E-state index contributed by atoms with van der Waals surface area (Å²) in [6.45, 7) is 0.0303. The molecule has 0 radical (unpaired) electrons. The van der Waals surface area contributed by atoms with Gasteiger partial charge in [0.05, 0.1) is 24.7 Å². The summed E-state index contributed by atoms with van der Waals surface area (Å²) in [5.74, 6) is -0.235. The summed E-state index contributed by atoms with van der Waals surface area (Å²) in [5, 5.41) is 8.02. The van der Waals surface area contributed by atoms with E-state index in [-0.39, 0.29) is 24.6 Å². The lowest BCUT2D eigenvalue weighted by atomic mass is 10.1. The highest BCUT2D eigenvalue weighted by molar-refractivity contribution is 5.85. The fraction of sp³-hybridized carbons (Fsp3) is 0.167. The molecular formula is C18H16F3N3O3. The van der Waals surface area contributed by atoms with Crippen LogP contribution in [0.25, 0.3) is 0 Å². The molecule has 2 amide bonds. The van der Waals surface area contributed by atoms with Gasteiger partial charge in [0.25, 0.3) is 0 Å². The molecule has 0 fully saturated rings. The van der Waals surface area contributed by atoms with Gasteiger partial charge in [-0.15, -0.1) is 0 Å². The molecule has 0 unspecified atom stereocenters. The van der Waals surface area contributed by atoms with Crippen molar-refractivity contribution in [3.63, 3.8) is 0 Å². The van der Waals surface area contributed by atoms with E-state index in [4.69, 9.17) is 0 Å². The first-order valence-corrected chi connectivity index (χ1v) is 7.82. The van der Waals surface area contributed by atoms with Crippen LogP contribution in [0, 0.1) is 0 Å². The number of amides is 2. The molecule has 2 rings (SSSR count). The molecule has 0 heterocycles. The van der Waals surface area contributed by atoms with Crippen LogP contribution in [-0.4, -0.2) is 24.8 Å². The second-order valence-electron chi connectivity index (χ2n) is 5.34. The van der Waals surface area contributed by atoms with Gasteiger partial charge < -0.3 is 5.32 Å². The lowest BCUT2D eigenvalue weighted by Crippen LogP contribution is -2.26. The summed E-state index contributed by atoms with van der Waals surface area (Å²) in [5.41, 5.74) is -0.130. The van der Waals surface area contributed by atoms with E-state index in [0.717, 1.165) is 30.0 Å². The van der Waals surface area contributed by atoms with E-state index >= 15 is 0 Å². The normalized spacial score (nSPS) is 11.2. The molecule has 0 aliphatic carbocycles. The first-order valence-electron chi connectivity index (χ1n) is 7.82. The summed E-state index contributed by atoms with van der Waals surface area (Å²) in [7, 11) is 0. The van der Waals surface area contributed by atoms with Crippen molar-refractivity contribution in [1.82, 2.24) is 5.32 Å². The molecule has 0 atom stereocenters. The smallest absolute Gasteiger partial charge is 0.351 e. The number of carbonyl (C=O) groups is 2.